The van der Waals surface area contributed by atoms with Gasteiger partial charge in [-0.15, -0.1) is 0 Å². The van der Waals surface area contributed by atoms with Crippen molar-refractivity contribution in [2.45, 2.75) is 25.8 Å². The van der Waals surface area contributed by atoms with E-state index < -0.39 is 0 Å². The zero-order valence-corrected chi connectivity index (χ0v) is 13.0. The molecule has 0 fully saturated rings. The summed E-state index contributed by atoms with van der Waals surface area (Å²) in [6.45, 7) is 2.92. The van der Waals surface area contributed by atoms with Crippen LogP contribution in [0.25, 0.3) is 10.8 Å². The second-order valence-electron chi connectivity index (χ2n) is 5.25. The lowest BCUT2D eigenvalue weighted by molar-refractivity contribution is 0.358. The summed E-state index contributed by atoms with van der Waals surface area (Å²) in [5.41, 5.74) is 6.84. The minimum atomic E-state index is 0.244. The van der Waals surface area contributed by atoms with Gasteiger partial charge in [0.15, 0.2) is 11.5 Å². The number of rotatable bonds is 7. The Labute approximate surface area is 126 Å². The molecule has 0 aromatic heterocycles. The summed E-state index contributed by atoms with van der Waals surface area (Å²) < 4.78 is 10.9. The molecule has 0 aliphatic carbocycles. The molecule has 0 heterocycles. The third-order valence-electron chi connectivity index (χ3n) is 3.54. The lowest BCUT2D eigenvalue weighted by Crippen LogP contribution is -2.16. The van der Waals surface area contributed by atoms with Crippen LogP contribution >= 0.6 is 0 Å². The van der Waals surface area contributed by atoms with Gasteiger partial charge in [-0.3, -0.25) is 0 Å². The van der Waals surface area contributed by atoms with E-state index in [4.69, 9.17) is 15.2 Å². The normalized spacial score (nSPS) is 12.2. The van der Waals surface area contributed by atoms with Crippen LogP contribution in [0.4, 0.5) is 5.69 Å². The van der Waals surface area contributed by atoms with Crippen molar-refractivity contribution in [3.63, 3.8) is 0 Å². The molecular formula is C17H24N2O2. The molecule has 0 saturated heterocycles. The molecule has 0 bridgehead atoms. The molecule has 0 amide bonds. The first kappa shape index (κ1) is 15.4. The predicted octanol–water partition coefficient (Wildman–Crippen LogP) is 3.40. The van der Waals surface area contributed by atoms with Gasteiger partial charge in [0.25, 0.3) is 0 Å². The Hall–Kier alpha value is -1.94. The molecular weight excluding hydrogens is 264 g/mol. The molecule has 2 rings (SSSR count). The summed E-state index contributed by atoms with van der Waals surface area (Å²) in [5, 5.41) is 5.66. The van der Waals surface area contributed by atoms with Crippen LogP contribution in [0.2, 0.25) is 0 Å². The van der Waals surface area contributed by atoms with Crippen molar-refractivity contribution in [3.05, 3.63) is 30.3 Å². The van der Waals surface area contributed by atoms with Crippen LogP contribution in [-0.2, 0) is 0 Å². The molecule has 114 valence electrons. The molecule has 2 aromatic carbocycles. The largest absolute Gasteiger partial charge is 0.493 e. The van der Waals surface area contributed by atoms with Gasteiger partial charge >= 0.3 is 0 Å². The monoisotopic (exact) mass is 288 g/mol. The van der Waals surface area contributed by atoms with Crippen LogP contribution in [0.5, 0.6) is 11.5 Å². The summed E-state index contributed by atoms with van der Waals surface area (Å²) in [5.74, 6) is 1.51. The van der Waals surface area contributed by atoms with Gasteiger partial charge < -0.3 is 20.5 Å². The van der Waals surface area contributed by atoms with Crippen molar-refractivity contribution >= 4 is 16.5 Å². The van der Waals surface area contributed by atoms with Gasteiger partial charge in [0, 0.05) is 35.1 Å². The number of methoxy groups -OCH3 is 2. The highest BCUT2D eigenvalue weighted by Gasteiger charge is 2.12. The lowest BCUT2D eigenvalue weighted by atomic mass is 10.1. The van der Waals surface area contributed by atoms with Crippen molar-refractivity contribution < 1.29 is 9.47 Å². The zero-order valence-electron chi connectivity index (χ0n) is 13.0. The highest BCUT2D eigenvalue weighted by atomic mass is 16.5. The topological polar surface area (TPSA) is 56.5 Å². The molecule has 0 spiro atoms. The van der Waals surface area contributed by atoms with Crippen LogP contribution < -0.4 is 20.5 Å². The number of fused-ring (bicyclic) bond motifs is 1. The van der Waals surface area contributed by atoms with Crippen LogP contribution in [0.1, 0.15) is 19.8 Å². The van der Waals surface area contributed by atoms with Gasteiger partial charge in [-0.05, 0) is 19.8 Å². The molecule has 4 heteroatoms. The molecule has 0 aliphatic rings. The fraction of sp³-hybridized carbons (Fsp3) is 0.412. The molecule has 1 atom stereocenters. The highest BCUT2D eigenvalue weighted by molar-refractivity contribution is 6.00. The van der Waals surface area contributed by atoms with Crippen molar-refractivity contribution in [2.75, 3.05) is 26.1 Å². The summed E-state index contributed by atoms with van der Waals surface area (Å²) in [4.78, 5) is 0. The van der Waals surface area contributed by atoms with E-state index in [2.05, 4.69) is 11.4 Å². The summed E-state index contributed by atoms with van der Waals surface area (Å²) >= 11 is 0. The maximum Gasteiger partial charge on any atom is 0.168 e. The highest BCUT2D eigenvalue weighted by Crippen LogP contribution is 2.40. The molecule has 0 unspecified atom stereocenters. The van der Waals surface area contributed by atoms with Crippen molar-refractivity contribution in [3.8, 4) is 11.5 Å². The first-order valence-corrected chi connectivity index (χ1v) is 7.30. The van der Waals surface area contributed by atoms with E-state index in [0.29, 0.717) is 0 Å². The van der Waals surface area contributed by atoms with Crippen LogP contribution in [0.3, 0.4) is 0 Å². The van der Waals surface area contributed by atoms with E-state index in [-0.39, 0.29) is 6.04 Å². The number of nitrogens with two attached hydrogens (primary N) is 1. The Morgan fingerprint density at radius 3 is 2.48 bits per heavy atom. The fourth-order valence-corrected chi connectivity index (χ4v) is 2.48. The Morgan fingerprint density at radius 2 is 1.86 bits per heavy atom. The van der Waals surface area contributed by atoms with Gasteiger partial charge in [0.1, 0.15) is 0 Å². The molecule has 21 heavy (non-hydrogen) atoms. The maximum absolute atomic E-state index is 5.78. The maximum atomic E-state index is 5.78. The number of hydrogen-bond donors (Lipinski definition) is 2. The minimum absolute atomic E-state index is 0.244. The van der Waals surface area contributed by atoms with Crippen molar-refractivity contribution in [1.82, 2.24) is 0 Å². The Balaban J connectivity index is 2.30. The Bertz CT molecular complexity index is 597. The first-order valence-electron chi connectivity index (χ1n) is 7.30. The number of benzene rings is 2. The summed E-state index contributed by atoms with van der Waals surface area (Å²) in [6, 6.07) is 10.4. The Kier molecular flexibility index (Phi) is 5.28. The van der Waals surface area contributed by atoms with Crippen LogP contribution in [0, 0.1) is 0 Å². The number of hydrogen-bond acceptors (Lipinski definition) is 4. The molecule has 0 saturated carbocycles. The minimum Gasteiger partial charge on any atom is -0.493 e. The van der Waals surface area contributed by atoms with Crippen molar-refractivity contribution in [1.29, 1.82) is 0 Å². The Morgan fingerprint density at radius 1 is 1.14 bits per heavy atom. The van der Waals surface area contributed by atoms with Crippen molar-refractivity contribution in [2.24, 2.45) is 5.73 Å². The van der Waals surface area contributed by atoms with E-state index in [1.54, 1.807) is 14.2 Å². The zero-order chi connectivity index (χ0) is 15.2. The molecule has 0 aliphatic heterocycles. The molecule has 3 N–H and O–H groups in total. The van der Waals surface area contributed by atoms with E-state index in [1.807, 2.05) is 31.2 Å². The van der Waals surface area contributed by atoms with E-state index in [0.717, 1.165) is 47.3 Å². The van der Waals surface area contributed by atoms with E-state index in [1.165, 1.54) is 0 Å². The average Bonchev–Trinajstić information content (AvgIpc) is 2.50. The third kappa shape index (κ3) is 3.58. The number of anilines is 1. The molecule has 4 nitrogen and oxygen atoms in total. The lowest BCUT2D eigenvalue weighted by Gasteiger charge is -2.16. The predicted molar refractivity (Wildman–Crippen MR) is 88.4 cm³/mol. The van der Waals surface area contributed by atoms with Crippen LogP contribution in [0.15, 0.2) is 30.3 Å². The first-order chi connectivity index (χ1) is 10.2. The molecule has 0 radical (unpaired) electrons. The summed E-state index contributed by atoms with van der Waals surface area (Å²) in [6.07, 6.45) is 2.05. The fourth-order valence-electron chi connectivity index (χ4n) is 2.48. The van der Waals surface area contributed by atoms with E-state index in [9.17, 15) is 0 Å². The standard InChI is InChI=1S/C17H24N2O2/c1-12(18)7-6-10-19-15-11-16(20-2)17(21-3)14-9-5-4-8-13(14)15/h4-5,8-9,11-12,19H,6-7,10,18H2,1-3H3/t12-/m1/s1. The van der Waals surface area contributed by atoms with Crippen LogP contribution in [-0.4, -0.2) is 26.8 Å². The molecule has 2 aromatic rings. The smallest absolute Gasteiger partial charge is 0.168 e. The van der Waals surface area contributed by atoms with Gasteiger partial charge in [-0.1, -0.05) is 24.3 Å². The second-order valence-corrected chi connectivity index (χ2v) is 5.25. The van der Waals surface area contributed by atoms with Gasteiger partial charge in [0.2, 0.25) is 0 Å². The summed E-state index contributed by atoms with van der Waals surface area (Å²) in [7, 11) is 3.33. The third-order valence-corrected chi connectivity index (χ3v) is 3.54. The van der Waals surface area contributed by atoms with Gasteiger partial charge in [0.05, 0.1) is 14.2 Å². The van der Waals surface area contributed by atoms with E-state index >= 15 is 0 Å². The average molecular weight is 288 g/mol. The van der Waals surface area contributed by atoms with Gasteiger partial charge in [-0.25, -0.2) is 0 Å². The second kappa shape index (κ2) is 7.18. The quantitative estimate of drug-likeness (QED) is 0.767. The number of nitrogens with one attached hydrogen (secondary N) is 1. The number of ether oxygens (including phenoxy) is 2. The van der Waals surface area contributed by atoms with Gasteiger partial charge in [-0.2, -0.15) is 0 Å². The SMILES string of the molecule is COc1cc(NCCC[C@@H](C)N)c2ccccc2c1OC.